The van der Waals surface area contributed by atoms with Gasteiger partial charge in [0.15, 0.2) is 5.13 Å². The Morgan fingerprint density at radius 1 is 1.17 bits per heavy atom. The van der Waals surface area contributed by atoms with E-state index in [1.165, 1.54) is 11.3 Å². The number of thiazole rings is 1. The van der Waals surface area contributed by atoms with Gasteiger partial charge in [0.25, 0.3) is 5.91 Å². The molecule has 0 fully saturated rings. The molecule has 1 amide bonds. The highest BCUT2D eigenvalue weighted by atomic mass is 32.1. The number of pyridine rings is 2. The second-order valence-electron chi connectivity index (χ2n) is 5.28. The van der Waals surface area contributed by atoms with Gasteiger partial charge in [-0.25, -0.2) is 9.97 Å². The molecule has 0 spiro atoms. The Morgan fingerprint density at radius 2 is 2.04 bits per heavy atom. The molecule has 0 unspecified atom stereocenters. The van der Waals surface area contributed by atoms with Crippen molar-refractivity contribution in [2.45, 2.75) is 20.4 Å². The van der Waals surface area contributed by atoms with Crippen LogP contribution in [0.25, 0.3) is 0 Å². The quantitative estimate of drug-likeness (QED) is 0.746. The summed E-state index contributed by atoms with van der Waals surface area (Å²) >= 11 is 1.31. The van der Waals surface area contributed by atoms with Crippen LogP contribution in [0.2, 0.25) is 0 Å². The van der Waals surface area contributed by atoms with Gasteiger partial charge in [-0.3, -0.25) is 9.78 Å². The Balaban J connectivity index is 1.68. The molecule has 2 N–H and O–H groups in total. The van der Waals surface area contributed by atoms with Crippen LogP contribution in [0.15, 0.2) is 42.7 Å². The minimum atomic E-state index is -0.152. The third kappa shape index (κ3) is 3.94. The molecule has 3 rings (SSSR count). The number of carbonyl (C=O) groups is 1. The monoisotopic (exact) mass is 339 g/mol. The maximum atomic E-state index is 12.3. The summed E-state index contributed by atoms with van der Waals surface area (Å²) in [4.78, 5) is 25.8. The molecule has 0 bridgehead atoms. The topological polar surface area (TPSA) is 79.8 Å². The van der Waals surface area contributed by atoms with Crippen LogP contribution in [0, 0.1) is 13.8 Å². The highest BCUT2D eigenvalue weighted by Gasteiger charge is 2.15. The second-order valence-corrected chi connectivity index (χ2v) is 6.28. The molecule has 0 radical (unpaired) electrons. The molecule has 24 heavy (non-hydrogen) atoms. The van der Waals surface area contributed by atoms with Crippen LogP contribution >= 0.6 is 11.3 Å². The fraction of sp³-hybridized carbons (Fsp3) is 0.176. The number of nitrogens with one attached hydrogen (secondary N) is 2. The number of rotatable bonds is 5. The first-order valence-electron chi connectivity index (χ1n) is 7.47. The zero-order chi connectivity index (χ0) is 16.9. The lowest BCUT2D eigenvalue weighted by atomic mass is 10.3. The molecule has 0 aliphatic rings. The third-order valence-corrected chi connectivity index (χ3v) is 4.38. The molecule has 0 aromatic carbocycles. The lowest BCUT2D eigenvalue weighted by Gasteiger charge is -2.03. The molecular formula is C17H17N5OS. The molecule has 0 aliphatic carbocycles. The SMILES string of the molecule is Cc1ccnc(Nc2nc(C)c(C(=O)NCc3ccccn3)s2)c1. The standard InChI is InChI=1S/C17H17N5OS/c1-11-6-8-19-14(9-11)22-17-21-12(2)15(24-17)16(23)20-10-13-5-3-4-7-18-13/h3-9H,10H2,1-2H3,(H,20,23)(H,19,21,22). The summed E-state index contributed by atoms with van der Waals surface area (Å²) in [5, 5.41) is 6.65. The van der Waals surface area contributed by atoms with E-state index in [2.05, 4.69) is 25.6 Å². The molecule has 3 aromatic rings. The maximum absolute atomic E-state index is 12.3. The van der Waals surface area contributed by atoms with Gasteiger partial charge < -0.3 is 10.6 Å². The first-order chi connectivity index (χ1) is 11.6. The highest BCUT2D eigenvalue weighted by Crippen LogP contribution is 2.25. The number of hydrogen-bond acceptors (Lipinski definition) is 6. The van der Waals surface area contributed by atoms with Gasteiger partial charge >= 0.3 is 0 Å². The molecule has 6 nitrogen and oxygen atoms in total. The minimum Gasteiger partial charge on any atom is -0.346 e. The van der Waals surface area contributed by atoms with E-state index < -0.39 is 0 Å². The minimum absolute atomic E-state index is 0.152. The predicted molar refractivity (Wildman–Crippen MR) is 94.5 cm³/mol. The van der Waals surface area contributed by atoms with Crippen LogP contribution in [-0.2, 0) is 6.54 Å². The van der Waals surface area contributed by atoms with E-state index in [0.717, 1.165) is 11.3 Å². The largest absolute Gasteiger partial charge is 0.346 e. The van der Waals surface area contributed by atoms with Crippen molar-refractivity contribution in [1.82, 2.24) is 20.3 Å². The zero-order valence-electron chi connectivity index (χ0n) is 13.4. The van der Waals surface area contributed by atoms with E-state index >= 15 is 0 Å². The molecule has 3 aromatic heterocycles. The average Bonchev–Trinajstić information content (AvgIpc) is 2.94. The summed E-state index contributed by atoms with van der Waals surface area (Å²) in [6.45, 7) is 4.21. The van der Waals surface area contributed by atoms with Gasteiger partial charge in [0.05, 0.1) is 17.9 Å². The molecule has 122 valence electrons. The van der Waals surface area contributed by atoms with Crippen LogP contribution in [-0.4, -0.2) is 20.9 Å². The summed E-state index contributed by atoms with van der Waals surface area (Å²) in [5.74, 6) is 0.560. The van der Waals surface area contributed by atoms with Gasteiger partial charge in [-0.15, -0.1) is 0 Å². The summed E-state index contributed by atoms with van der Waals surface area (Å²) in [6.07, 6.45) is 3.44. The molecular weight excluding hydrogens is 322 g/mol. The molecule has 0 atom stereocenters. The molecule has 0 aliphatic heterocycles. The average molecular weight is 339 g/mol. The van der Waals surface area contributed by atoms with E-state index in [0.29, 0.717) is 28.1 Å². The third-order valence-electron chi connectivity index (χ3n) is 3.31. The van der Waals surface area contributed by atoms with Crippen molar-refractivity contribution in [3.05, 3.63) is 64.6 Å². The van der Waals surface area contributed by atoms with Crippen molar-refractivity contribution < 1.29 is 4.79 Å². The van der Waals surface area contributed by atoms with Crippen LogP contribution in [0.5, 0.6) is 0 Å². The first kappa shape index (κ1) is 16.1. The number of nitrogens with zero attached hydrogens (tertiary/aromatic N) is 3. The second kappa shape index (κ2) is 7.18. The fourth-order valence-electron chi connectivity index (χ4n) is 2.13. The van der Waals surface area contributed by atoms with Gasteiger partial charge in [0, 0.05) is 12.4 Å². The molecule has 7 heteroatoms. The van der Waals surface area contributed by atoms with Crippen LogP contribution < -0.4 is 10.6 Å². The van der Waals surface area contributed by atoms with Gasteiger partial charge in [-0.2, -0.15) is 0 Å². The number of aromatic nitrogens is 3. The van der Waals surface area contributed by atoms with Crippen LogP contribution in [0.1, 0.15) is 26.6 Å². The van der Waals surface area contributed by atoms with Crippen molar-refractivity contribution in [1.29, 1.82) is 0 Å². The predicted octanol–water partition coefficient (Wildman–Crippen LogP) is 3.22. The molecule has 3 heterocycles. The van der Waals surface area contributed by atoms with E-state index in [4.69, 9.17) is 0 Å². The van der Waals surface area contributed by atoms with Gasteiger partial charge in [-0.05, 0) is 43.7 Å². The van der Waals surface area contributed by atoms with Crippen molar-refractivity contribution in [3.8, 4) is 0 Å². The Hall–Kier alpha value is -2.80. The van der Waals surface area contributed by atoms with E-state index in [9.17, 15) is 4.79 Å². The normalized spacial score (nSPS) is 10.4. The van der Waals surface area contributed by atoms with E-state index in [-0.39, 0.29) is 5.91 Å². The summed E-state index contributed by atoms with van der Waals surface area (Å²) in [5.41, 5.74) is 2.61. The van der Waals surface area contributed by atoms with Crippen molar-refractivity contribution in [2.75, 3.05) is 5.32 Å². The number of anilines is 2. The lowest BCUT2D eigenvalue weighted by molar-refractivity contribution is 0.0953. The number of amides is 1. The Kier molecular flexibility index (Phi) is 4.81. The smallest absolute Gasteiger partial charge is 0.263 e. The van der Waals surface area contributed by atoms with Crippen LogP contribution in [0.3, 0.4) is 0 Å². The first-order valence-corrected chi connectivity index (χ1v) is 8.28. The number of carbonyl (C=O) groups excluding carboxylic acids is 1. The van der Waals surface area contributed by atoms with Gasteiger partial charge in [0.1, 0.15) is 10.7 Å². The van der Waals surface area contributed by atoms with Gasteiger partial charge in [0.2, 0.25) is 0 Å². The number of hydrogen-bond donors (Lipinski definition) is 2. The summed E-state index contributed by atoms with van der Waals surface area (Å²) in [6, 6.07) is 9.46. The summed E-state index contributed by atoms with van der Waals surface area (Å²) in [7, 11) is 0. The Morgan fingerprint density at radius 3 is 2.79 bits per heavy atom. The van der Waals surface area contributed by atoms with E-state index in [1.54, 1.807) is 12.4 Å². The highest BCUT2D eigenvalue weighted by molar-refractivity contribution is 7.17. The van der Waals surface area contributed by atoms with Crippen molar-refractivity contribution in [3.63, 3.8) is 0 Å². The van der Waals surface area contributed by atoms with Gasteiger partial charge in [-0.1, -0.05) is 17.4 Å². The number of aryl methyl sites for hydroxylation is 2. The van der Waals surface area contributed by atoms with Crippen molar-refractivity contribution >= 4 is 28.2 Å². The van der Waals surface area contributed by atoms with Crippen LogP contribution in [0.4, 0.5) is 10.9 Å². The van der Waals surface area contributed by atoms with E-state index in [1.807, 2.05) is 44.2 Å². The zero-order valence-corrected chi connectivity index (χ0v) is 14.2. The fourth-order valence-corrected chi connectivity index (χ4v) is 3.02. The summed E-state index contributed by atoms with van der Waals surface area (Å²) < 4.78 is 0. The Labute approximate surface area is 144 Å². The lowest BCUT2D eigenvalue weighted by Crippen LogP contribution is -2.23. The Bertz CT molecular complexity index is 847. The molecule has 0 saturated carbocycles. The van der Waals surface area contributed by atoms with Crippen molar-refractivity contribution in [2.24, 2.45) is 0 Å². The molecule has 0 saturated heterocycles. The maximum Gasteiger partial charge on any atom is 0.263 e.